The summed E-state index contributed by atoms with van der Waals surface area (Å²) in [5.41, 5.74) is -0.648. The fraction of sp³-hybridized carbons (Fsp3) is 0.636. The van der Waals surface area contributed by atoms with Gasteiger partial charge in [0, 0.05) is 12.1 Å². The Bertz CT molecular complexity index is 646. The number of halogens is 5. The SMILES string of the molecule is C=C(C)C(=O)OC(OCC(F)(F)S(=O)(=O)[O-])(C(=O)NCC)C(F)(F)F. The highest BCUT2D eigenvalue weighted by molar-refractivity contribution is 7.86. The molecule has 14 heteroatoms. The molecule has 0 saturated heterocycles. The average molecular weight is 398 g/mol. The van der Waals surface area contributed by atoms with Crippen LogP contribution >= 0.6 is 0 Å². The summed E-state index contributed by atoms with van der Waals surface area (Å²) in [4.78, 5) is 23.1. The molecular weight excluding hydrogens is 385 g/mol. The minimum Gasteiger partial charge on any atom is -0.743 e. The van der Waals surface area contributed by atoms with E-state index in [1.54, 1.807) is 5.32 Å². The molecule has 0 aliphatic rings. The van der Waals surface area contributed by atoms with Crippen molar-refractivity contribution in [3.05, 3.63) is 12.2 Å². The highest BCUT2D eigenvalue weighted by atomic mass is 32.2. The van der Waals surface area contributed by atoms with E-state index in [4.69, 9.17) is 0 Å². The molecule has 8 nitrogen and oxygen atoms in total. The van der Waals surface area contributed by atoms with Crippen LogP contribution in [0.5, 0.6) is 0 Å². The van der Waals surface area contributed by atoms with Crippen LogP contribution in [-0.4, -0.2) is 55.2 Å². The minimum absolute atomic E-state index is 0.457. The van der Waals surface area contributed by atoms with Gasteiger partial charge in [0.05, 0.1) is 0 Å². The number of nitrogens with one attached hydrogen (secondary N) is 1. The lowest BCUT2D eigenvalue weighted by atomic mass is 10.2. The van der Waals surface area contributed by atoms with Gasteiger partial charge in [-0.25, -0.2) is 13.2 Å². The van der Waals surface area contributed by atoms with Crippen LogP contribution in [0.25, 0.3) is 0 Å². The average Bonchev–Trinajstić information content (AvgIpc) is 2.40. The van der Waals surface area contributed by atoms with Crippen molar-refractivity contribution in [1.29, 1.82) is 0 Å². The first-order valence-corrected chi connectivity index (χ1v) is 7.63. The van der Waals surface area contributed by atoms with Crippen LogP contribution in [0.4, 0.5) is 22.0 Å². The zero-order valence-electron chi connectivity index (χ0n) is 12.8. The lowest BCUT2D eigenvalue weighted by molar-refractivity contribution is -0.352. The van der Waals surface area contributed by atoms with Crippen molar-refractivity contribution < 1.29 is 54.0 Å². The Morgan fingerprint density at radius 3 is 2.00 bits per heavy atom. The molecule has 0 saturated carbocycles. The lowest BCUT2D eigenvalue weighted by Crippen LogP contribution is -2.62. The Morgan fingerprint density at radius 2 is 1.68 bits per heavy atom. The topological polar surface area (TPSA) is 122 Å². The number of hydrogen-bond donors (Lipinski definition) is 1. The summed E-state index contributed by atoms with van der Waals surface area (Å²) in [5.74, 6) is -8.67. The third-order valence-electron chi connectivity index (χ3n) is 2.40. The van der Waals surface area contributed by atoms with Gasteiger partial charge in [-0.1, -0.05) is 6.58 Å². The second kappa shape index (κ2) is 7.61. The summed E-state index contributed by atoms with van der Waals surface area (Å²) in [5, 5.41) is -3.78. The molecular formula is C11H13F5NO7S-. The van der Waals surface area contributed by atoms with Gasteiger partial charge < -0.3 is 19.3 Å². The van der Waals surface area contributed by atoms with Crippen LogP contribution in [-0.2, 0) is 29.2 Å². The molecule has 0 rings (SSSR count). The molecule has 0 aliphatic carbocycles. The molecule has 1 amide bonds. The highest BCUT2D eigenvalue weighted by Crippen LogP contribution is 2.37. The molecule has 1 unspecified atom stereocenters. The molecule has 1 N–H and O–H groups in total. The van der Waals surface area contributed by atoms with Gasteiger partial charge in [0.1, 0.15) is 6.61 Å². The van der Waals surface area contributed by atoms with E-state index >= 15 is 0 Å². The van der Waals surface area contributed by atoms with Crippen molar-refractivity contribution in [3.63, 3.8) is 0 Å². The number of rotatable bonds is 8. The van der Waals surface area contributed by atoms with Crippen LogP contribution in [0.1, 0.15) is 13.8 Å². The zero-order chi connectivity index (χ0) is 20.3. The zero-order valence-corrected chi connectivity index (χ0v) is 13.6. The summed E-state index contributed by atoms with van der Waals surface area (Å²) in [6.45, 7) is 1.83. The predicted molar refractivity (Wildman–Crippen MR) is 69.0 cm³/mol. The molecule has 0 aromatic carbocycles. The van der Waals surface area contributed by atoms with E-state index in [0.717, 1.165) is 13.8 Å². The molecule has 0 aromatic rings. The molecule has 0 heterocycles. The quantitative estimate of drug-likeness (QED) is 0.209. The van der Waals surface area contributed by atoms with Crippen molar-refractivity contribution in [3.8, 4) is 0 Å². The molecule has 0 bridgehead atoms. The number of carbonyl (C=O) groups excluding carboxylic acids is 2. The fourth-order valence-corrected chi connectivity index (χ4v) is 1.37. The Balaban J connectivity index is 6.06. The Morgan fingerprint density at radius 1 is 1.20 bits per heavy atom. The van der Waals surface area contributed by atoms with E-state index in [0.29, 0.717) is 0 Å². The van der Waals surface area contributed by atoms with E-state index in [1.165, 1.54) is 0 Å². The number of hydrogen-bond acceptors (Lipinski definition) is 7. The number of alkyl halides is 5. The standard InChI is InChI=1S/C11H14F5NO7S/c1-4-17-8(19)10(11(14,15)16,24-7(18)6(2)3)23-5-9(12,13)25(20,21)22/h2,4-5H2,1,3H3,(H,17,19)(H,20,21,22)/p-1. The largest absolute Gasteiger partial charge is 0.743 e. The maximum Gasteiger partial charge on any atom is 0.466 e. The van der Waals surface area contributed by atoms with Gasteiger partial charge in [0.25, 0.3) is 0 Å². The second-order valence-corrected chi connectivity index (χ2v) is 6.03. The van der Waals surface area contributed by atoms with Crippen molar-refractivity contribution in [1.82, 2.24) is 5.32 Å². The van der Waals surface area contributed by atoms with Crippen molar-refractivity contribution >= 4 is 22.0 Å². The van der Waals surface area contributed by atoms with Gasteiger partial charge in [-0.3, -0.25) is 4.79 Å². The van der Waals surface area contributed by atoms with Crippen LogP contribution in [0.2, 0.25) is 0 Å². The lowest BCUT2D eigenvalue weighted by Gasteiger charge is -2.34. The molecule has 0 fully saturated rings. The van der Waals surface area contributed by atoms with E-state index in [-0.39, 0.29) is 0 Å². The van der Waals surface area contributed by atoms with E-state index in [9.17, 15) is 44.5 Å². The maximum atomic E-state index is 13.3. The van der Waals surface area contributed by atoms with E-state index in [2.05, 4.69) is 16.1 Å². The first-order chi connectivity index (χ1) is 11.0. The Labute approximate surface area is 138 Å². The fourth-order valence-electron chi connectivity index (χ4n) is 1.16. The number of ether oxygens (including phenoxy) is 2. The summed E-state index contributed by atoms with van der Waals surface area (Å²) in [6, 6.07) is 0. The molecule has 25 heavy (non-hydrogen) atoms. The summed E-state index contributed by atoms with van der Waals surface area (Å²) >= 11 is 0. The first kappa shape index (κ1) is 23.2. The van der Waals surface area contributed by atoms with Crippen molar-refractivity contribution in [2.45, 2.75) is 31.1 Å². The molecule has 0 radical (unpaired) electrons. The van der Waals surface area contributed by atoms with Crippen LogP contribution in [0, 0.1) is 0 Å². The van der Waals surface area contributed by atoms with Gasteiger partial charge in [-0.05, 0) is 13.8 Å². The van der Waals surface area contributed by atoms with Gasteiger partial charge in [0.15, 0.2) is 10.1 Å². The maximum absolute atomic E-state index is 13.3. The van der Waals surface area contributed by atoms with Crippen molar-refractivity contribution in [2.75, 3.05) is 13.2 Å². The Kier molecular flexibility index (Phi) is 7.07. The summed E-state index contributed by atoms with van der Waals surface area (Å²) < 4.78 is 105. The third kappa shape index (κ3) is 5.34. The highest BCUT2D eigenvalue weighted by Gasteiger charge is 2.67. The predicted octanol–water partition coefficient (Wildman–Crippen LogP) is 0.655. The normalized spacial score (nSPS) is 15.2. The van der Waals surface area contributed by atoms with E-state index in [1.807, 2.05) is 0 Å². The first-order valence-electron chi connectivity index (χ1n) is 6.23. The second-order valence-electron chi connectivity index (χ2n) is 4.52. The number of likely N-dealkylation sites (N-methyl/N-ethyl adjacent to an activating group) is 1. The van der Waals surface area contributed by atoms with Crippen LogP contribution in [0.3, 0.4) is 0 Å². The summed E-state index contributed by atoms with van der Waals surface area (Å²) in [7, 11) is -6.42. The molecule has 0 aromatic heterocycles. The number of carbonyl (C=O) groups is 2. The number of esters is 1. The number of amides is 1. The van der Waals surface area contributed by atoms with Gasteiger partial charge in [-0.2, -0.15) is 22.0 Å². The van der Waals surface area contributed by atoms with Gasteiger partial charge in [-0.15, -0.1) is 0 Å². The molecule has 146 valence electrons. The minimum atomic E-state index is -6.42. The molecule has 0 aliphatic heterocycles. The van der Waals surface area contributed by atoms with Crippen LogP contribution < -0.4 is 5.32 Å². The van der Waals surface area contributed by atoms with Gasteiger partial charge >= 0.3 is 29.1 Å². The monoisotopic (exact) mass is 398 g/mol. The molecule has 0 spiro atoms. The van der Waals surface area contributed by atoms with Crippen molar-refractivity contribution in [2.24, 2.45) is 0 Å². The smallest absolute Gasteiger partial charge is 0.466 e. The van der Waals surface area contributed by atoms with Gasteiger partial charge in [0.2, 0.25) is 0 Å². The van der Waals surface area contributed by atoms with Crippen LogP contribution in [0.15, 0.2) is 12.2 Å². The third-order valence-corrected chi connectivity index (χ3v) is 3.25. The molecule has 1 atom stereocenters. The van der Waals surface area contributed by atoms with E-state index < -0.39 is 57.9 Å². The Hall–Kier alpha value is -1.80. The summed E-state index contributed by atoms with van der Waals surface area (Å²) in [6.07, 6.45) is -5.90.